The van der Waals surface area contributed by atoms with Crippen LogP contribution in [0.5, 0.6) is 0 Å². The molecule has 0 atom stereocenters. The van der Waals surface area contributed by atoms with Crippen molar-refractivity contribution in [3.8, 4) is 0 Å². The lowest BCUT2D eigenvalue weighted by atomic mass is 10.2. The summed E-state index contributed by atoms with van der Waals surface area (Å²) in [6, 6.07) is 13.9. The number of halogens is 3. The lowest BCUT2D eigenvalue weighted by Gasteiger charge is -2.14. The zero-order chi connectivity index (χ0) is 17.3. The molecule has 0 spiro atoms. The molecule has 0 amide bonds. The van der Waals surface area contributed by atoms with E-state index in [2.05, 4.69) is 58.2 Å². The van der Waals surface area contributed by atoms with Crippen molar-refractivity contribution in [3.05, 3.63) is 67.7 Å². The van der Waals surface area contributed by atoms with Gasteiger partial charge in [0.05, 0.1) is 22.7 Å². The average Bonchev–Trinajstić information content (AvgIpc) is 2.82. The van der Waals surface area contributed by atoms with Crippen LogP contribution < -0.4 is 10.3 Å². The Labute approximate surface area is 171 Å². The number of nitrogens with one attached hydrogen (secondary N) is 1. The molecule has 0 aromatic heterocycles. The fourth-order valence-electron chi connectivity index (χ4n) is 2.25. The molecule has 1 N–H and O–H groups in total. The predicted molar refractivity (Wildman–Crippen MR) is 116 cm³/mol. The minimum absolute atomic E-state index is 0.676. The second kappa shape index (κ2) is 7.47. The lowest BCUT2D eigenvalue weighted by Crippen LogP contribution is -2.19. The Hall–Kier alpha value is -1.02. The predicted octanol–water partition coefficient (Wildman–Crippen LogP) is 6.49. The van der Waals surface area contributed by atoms with Crippen LogP contribution in [0, 0.1) is 0 Å². The van der Waals surface area contributed by atoms with Gasteiger partial charge >= 0.3 is 0 Å². The Kier molecular flexibility index (Phi) is 5.54. The van der Waals surface area contributed by atoms with Gasteiger partial charge in [-0.05, 0) is 63.0 Å². The number of hydrogen-bond acceptors (Lipinski definition) is 3. The number of nitrogens with zero attached hydrogens (tertiary/aromatic N) is 2. The van der Waals surface area contributed by atoms with Gasteiger partial charge in [-0.2, -0.15) is 5.10 Å². The summed E-state index contributed by atoms with van der Waals surface area (Å²) in [6.07, 6.45) is 1.89. The number of thiocarbonyl (C=S) groups is 1. The number of anilines is 2. The van der Waals surface area contributed by atoms with Gasteiger partial charge in [-0.15, -0.1) is 0 Å². The molecule has 0 saturated heterocycles. The lowest BCUT2D eigenvalue weighted by molar-refractivity contribution is 1.17. The Morgan fingerprint density at radius 3 is 2.33 bits per heavy atom. The molecule has 2 aromatic rings. The molecule has 122 valence electrons. The van der Waals surface area contributed by atoms with Crippen molar-refractivity contribution in [2.45, 2.75) is 6.92 Å². The molecule has 0 aliphatic carbocycles. The molecule has 3 rings (SSSR count). The van der Waals surface area contributed by atoms with Gasteiger partial charge in [-0.25, -0.2) is 5.01 Å². The van der Waals surface area contributed by atoms with E-state index in [0.717, 1.165) is 36.1 Å². The molecule has 0 saturated carbocycles. The normalized spacial score (nSPS) is 15.8. The van der Waals surface area contributed by atoms with Crippen LogP contribution in [0.4, 0.5) is 11.4 Å². The molecule has 7 heteroatoms. The second-order valence-electron chi connectivity index (χ2n) is 5.08. The Morgan fingerprint density at radius 1 is 1.08 bits per heavy atom. The third-order valence-electron chi connectivity index (χ3n) is 3.43. The van der Waals surface area contributed by atoms with E-state index in [1.54, 1.807) is 5.01 Å². The fraction of sp³-hybridized carbons (Fsp3) is 0.0588. The molecule has 0 bridgehead atoms. The van der Waals surface area contributed by atoms with Crippen LogP contribution in [-0.4, -0.2) is 10.7 Å². The third kappa shape index (κ3) is 3.64. The molecule has 24 heavy (non-hydrogen) atoms. The minimum atomic E-state index is 0.676. The summed E-state index contributed by atoms with van der Waals surface area (Å²) >= 11 is 16.2. The Balaban J connectivity index is 1.87. The molecule has 0 unspecified atom stereocenters. The van der Waals surface area contributed by atoms with E-state index < -0.39 is 0 Å². The van der Waals surface area contributed by atoms with Gasteiger partial charge in [-0.3, -0.25) is 0 Å². The molecular weight excluding hydrogens is 518 g/mol. The highest BCUT2D eigenvalue weighted by Crippen LogP contribution is 2.35. The van der Waals surface area contributed by atoms with E-state index in [1.165, 1.54) is 0 Å². The Bertz CT molecular complexity index is 840. The SMILES string of the molecule is CC1=NN(c2ccccc2)C(=S)/C1=C/Nc1c(Br)cc(Br)cc1Br. The molecule has 0 fully saturated rings. The first-order valence-corrected chi connectivity index (χ1v) is 9.82. The number of para-hydroxylation sites is 1. The maximum absolute atomic E-state index is 5.59. The van der Waals surface area contributed by atoms with E-state index in [-0.39, 0.29) is 0 Å². The van der Waals surface area contributed by atoms with Crippen molar-refractivity contribution in [2.75, 3.05) is 10.3 Å². The first-order valence-electron chi connectivity index (χ1n) is 7.03. The average molecular weight is 530 g/mol. The first kappa shape index (κ1) is 17.8. The Morgan fingerprint density at radius 2 is 1.71 bits per heavy atom. The molecule has 1 heterocycles. The van der Waals surface area contributed by atoms with Gasteiger partial charge in [0.1, 0.15) is 4.99 Å². The van der Waals surface area contributed by atoms with Crippen molar-refractivity contribution in [1.82, 2.24) is 0 Å². The van der Waals surface area contributed by atoms with E-state index >= 15 is 0 Å². The van der Waals surface area contributed by atoms with Crippen LogP contribution in [0.25, 0.3) is 0 Å². The summed E-state index contributed by atoms with van der Waals surface area (Å²) in [4.78, 5) is 0.676. The zero-order valence-electron chi connectivity index (χ0n) is 12.6. The van der Waals surface area contributed by atoms with Crippen molar-refractivity contribution in [2.24, 2.45) is 5.10 Å². The smallest absolute Gasteiger partial charge is 0.138 e. The zero-order valence-corrected chi connectivity index (χ0v) is 18.1. The summed E-state index contributed by atoms with van der Waals surface area (Å²) in [5.74, 6) is 0. The molecule has 0 radical (unpaired) electrons. The van der Waals surface area contributed by atoms with Crippen LogP contribution >= 0.6 is 60.0 Å². The minimum Gasteiger partial charge on any atom is -0.359 e. The molecular formula is C17H12Br3N3S. The molecule has 1 aliphatic heterocycles. The van der Waals surface area contributed by atoms with Crippen molar-refractivity contribution in [3.63, 3.8) is 0 Å². The topological polar surface area (TPSA) is 27.6 Å². The summed E-state index contributed by atoms with van der Waals surface area (Å²) < 4.78 is 2.88. The monoisotopic (exact) mass is 527 g/mol. The van der Waals surface area contributed by atoms with Crippen LogP contribution in [0.1, 0.15) is 6.92 Å². The van der Waals surface area contributed by atoms with Gasteiger partial charge in [0, 0.05) is 19.6 Å². The maximum atomic E-state index is 5.59. The summed E-state index contributed by atoms with van der Waals surface area (Å²) in [6.45, 7) is 1.95. The largest absolute Gasteiger partial charge is 0.359 e. The van der Waals surface area contributed by atoms with Gasteiger partial charge in [0.2, 0.25) is 0 Å². The summed E-state index contributed by atoms with van der Waals surface area (Å²) in [5.41, 5.74) is 3.66. The maximum Gasteiger partial charge on any atom is 0.138 e. The van der Waals surface area contributed by atoms with Gasteiger partial charge in [-0.1, -0.05) is 46.3 Å². The van der Waals surface area contributed by atoms with Gasteiger partial charge in [0.25, 0.3) is 0 Å². The number of hydrogen-bond donors (Lipinski definition) is 1. The van der Waals surface area contributed by atoms with Crippen LogP contribution in [-0.2, 0) is 0 Å². The number of benzene rings is 2. The highest BCUT2D eigenvalue weighted by atomic mass is 79.9. The van der Waals surface area contributed by atoms with Crippen molar-refractivity contribution >= 4 is 82.1 Å². The van der Waals surface area contributed by atoms with E-state index in [4.69, 9.17) is 12.2 Å². The van der Waals surface area contributed by atoms with E-state index in [9.17, 15) is 0 Å². The third-order valence-corrected chi connectivity index (χ3v) is 5.53. The highest BCUT2D eigenvalue weighted by molar-refractivity contribution is 9.11. The van der Waals surface area contributed by atoms with Crippen molar-refractivity contribution < 1.29 is 0 Å². The van der Waals surface area contributed by atoms with E-state index in [1.807, 2.05) is 55.6 Å². The van der Waals surface area contributed by atoms with E-state index in [0.29, 0.717) is 4.99 Å². The van der Waals surface area contributed by atoms with Crippen molar-refractivity contribution in [1.29, 1.82) is 0 Å². The highest BCUT2D eigenvalue weighted by Gasteiger charge is 2.24. The number of rotatable bonds is 3. The molecule has 1 aliphatic rings. The number of hydrazone groups is 1. The van der Waals surface area contributed by atoms with Crippen LogP contribution in [0.15, 0.2) is 72.8 Å². The first-order chi connectivity index (χ1) is 11.5. The quantitative estimate of drug-likeness (QED) is 0.363. The summed E-state index contributed by atoms with van der Waals surface area (Å²) in [5, 5.41) is 9.66. The van der Waals surface area contributed by atoms with Crippen LogP contribution in [0.2, 0.25) is 0 Å². The van der Waals surface area contributed by atoms with Crippen LogP contribution in [0.3, 0.4) is 0 Å². The van der Waals surface area contributed by atoms with Gasteiger partial charge < -0.3 is 5.32 Å². The fourth-order valence-corrected chi connectivity index (χ4v) is 5.09. The standard InChI is InChI=1S/C17H12Br3N3S/c1-10-13(9-21-16-14(19)7-11(18)8-15(16)20)17(24)23(22-10)12-5-3-2-4-6-12/h2-9,21H,1H3/b13-9+. The second-order valence-corrected chi connectivity index (χ2v) is 8.10. The molecule has 2 aromatic carbocycles. The van der Waals surface area contributed by atoms with Gasteiger partial charge in [0.15, 0.2) is 0 Å². The molecule has 3 nitrogen and oxygen atoms in total. The summed E-state index contributed by atoms with van der Waals surface area (Å²) in [7, 11) is 0.